The van der Waals surface area contributed by atoms with E-state index in [1.165, 1.54) is 4.88 Å². The lowest BCUT2D eigenvalue weighted by Gasteiger charge is -2.10. The normalized spacial score (nSPS) is 10.7. The van der Waals surface area contributed by atoms with Crippen LogP contribution in [0.3, 0.4) is 0 Å². The van der Waals surface area contributed by atoms with E-state index in [-0.39, 0.29) is 0 Å². The third-order valence-electron chi connectivity index (χ3n) is 2.14. The van der Waals surface area contributed by atoms with Crippen molar-refractivity contribution < 1.29 is 0 Å². The highest BCUT2D eigenvalue weighted by Gasteiger charge is 2.08. The SMILES string of the molecule is Clc1sc(CNc2c(Br)cc(Br)cc2Br)cc1Br. The van der Waals surface area contributed by atoms with Gasteiger partial charge >= 0.3 is 0 Å². The van der Waals surface area contributed by atoms with Crippen molar-refractivity contribution in [2.24, 2.45) is 0 Å². The van der Waals surface area contributed by atoms with Gasteiger partial charge in [0.05, 0.1) is 5.69 Å². The molecule has 0 aliphatic rings. The van der Waals surface area contributed by atoms with Crippen LogP contribution in [0, 0.1) is 0 Å². The lowest BCUT2D eigenvalue weighted by molar-refractivity contribution is 1.18. The third-order valence-corrected chi connectivity index (χ3v) is 6.33. The van der Waals surface area contributed by atoms with E-state index in [0.717, 1.165) is 34.5 Å². The van der Waals surface area contributed by atoms with Crippen LogP contribution in [0.25, 0.3) is 0 Å². The van der Waals surface area contributed by atoms with E-state index in [0.29, 0.717) is 0 Å². The summed E-state index contributed by atoms with van der Waals surface area (Å²) in [4.78, 5) is 1.17. The molecule has 0 fully saturated rings. The van der Waals surface area contributed by atoms with Crippen molar-refractivity contribution in [3.05, 3.63) is 45.3 Å². The maximum absolute atomic E-state index is 6.01. The van der Waals surface area contributed by atoms with Crippen LogP contribution >= 0.6 is 86.7 Å². The second-order valence-corrected chi connectivity index (χ2v) is 8.65. The Morgan fingerprint density at radius 1 is 1.00 bits per heavy atom. The van der Waals surface area contributed by atoms with E-state index in [1.54, 1.807) is 11.3 Å². The van der Waals surface area contributed by atoms with Gasteiger partial charge in [0.1, 0.15) is 4.34 Å². The standard InChI is InChI=1S/C11H6Br4ClNS/c12-5-1-7(13)10(8(14)2-5)17-4-6-3-9(15)11(16)18-6/h1-3,17H,4H2. The molecule has 0 saturated heterocycles. The Balaban J connectivity index is 2.15. The molecule has 0 radical (unpaired) electrons. The van der Waals surface area contributed by atoms with Gasteiger partial charge in [0, 0.05) is 29.3 Å². The highest BCUT2D eigenvalue weighted by atomic mass is 79.9. The Hall–Kier alpha value is 0.930. The third kappa shape index (κ3) is 3.73. The molecule has 1 aromatic carbocycles. The molecule has 7 heteroatoms. The van der Waals surface area contributed by atoms with Crippen LogP contribution in [-0.2, 0) is 6.54 Å². The fourth-order valence-corrected chi connectivity index (χ4v) is 5.63. The average Bonchev–Trinajstić information content (AvgIpc) is 2.56. The minimum absolute atomic E-state index is 0.731. The number of hydrogen-bond donors (Lipinski definition) is 1. The molecular weight excluding hydrogens is 533 g/mol. The van der Waals surface area contributed by atoms with Gasteiger partial charge < -0.3 is 5.32 Å². The summed E-state index contributed by atoms with van der Waals surface area (Å²) < 4.78 is 4.75. The summed E-state index contributed by atoms with van der Waals surface area (Å²) in [6, 6.07) is 6.04. The van der Waals surface area contributed by atoms with Gasteiger partial charge in [0.25, 0.3) is 0 Å². The van der Waals surface area contributed by atoms with Crippen LogP contribution in [-0.4, -0.2) is 0 Å². The van der Waals surface area contributed by atoms with E-state index >= 15 is 0 Å². The Bertz CT molecular complexity index is 542. The van der Waals surface area contributed by atoms with Gasteiger partial charge in [-0.05, 0) is 66.0 Å². The molecule has 96 valence electrons. The van der Waals surface area contributed by atoms with Gasteiger partial charge in [-0.1, -0.05) is 27.5 Å². The molecule has 0 atom stereocenters. The number of hydrogen-bond acceptors (Lipinski definition) is 2. The number of thiophene rings is 1. The van der Waals surface area contributed by atoms with E-state index in [2.05, 4.69) is 69.0 Å². The van der Waals surface area contributed by atoms with Crippen LogP contribution in [0.1, 0.15) is 4.88 Å². The molecule has 0 saturated carbocycles. The monoisotopic (exact) mass is 535 g/mol. The Morgan fingerprint density at radius 2 is 1.61 bits per heavy atom. The molecule has 0 aliphatic carbocycles. The van der Waals surface area contributed by atoms with Gasteiger partial charge in [-0.25, -0.2) is 0 Å². The van der Waals surface area contributed by atoms with Crippen molar-refractivity contribution in [3.8, 4) is 0 Å². The van der Waals surface area contributed by atoms with Crippen molar-refractivity contribution in [3.63, 3.8) is 0 Å². The number of rotatable bonds is 3. The Morgan fingerprint density at radius 3 is 2.11 bits per heavy atom. The zero-order chi connectivity index (χ0) is 13.3. The van der Waals surface area contributed by atoms with Crippen molar-refractivity contribution >= 4 is 92.3 Å². The molecule has 1 nitrogen and oxygen atoms in total. The van der Waals surface area contributed by atoms with Crippen molar-refractivity contribution in [2.75, 3.05) is 5.32 Å². The quantitative estimate of drug-likeness (QED) is 0.441. The molecule has 1 N–H and O–H groups in total. The van der Waals surface area contributed by atoms with Crippen LogP contribution in [0.5, 0.6) is 0 Å². The zero-order valence-corrected chi connectivity index (χ0v) is 16.7. The minimum atomic E-state index is 0.731. The summed E-state index contributed by atoms with van der Waals surface area (Å²) in [7, 11) is 0. The lowest BCUT2D eigenvalue weighted by Crippen LogP contribution is -1.99. The molecule has 2 aromatic rings. The zero-order valence-electron chi connectivity index (χ0n) is 8.74. The fraction of sp³-hybridized carbons (Fsp3) is 0.0909. The largest absolute Gasteiger partial charge is 0.378 e. The van der Waals surface area contributed by atoms with Crippen LogP contribution < -0.4 is 5.32 Å². The van der Waals surface area contributed by atoms with Gasteiger partial charge in [0.15, 0.2) is 0 Å². The summed E-state index contributed by atoms with van der Waals surface area (Å²) in [5, 5.41) is 3.38. The predicted molar refractivity (Wildman–Crippen MR) is 93.9 cm³/mol. The Kier molecular flexibility index (Phi) is 5.61. The summed E-state index contributed by atoms with van der Waals surface area (Å²) in [6.07, 6.45) is 0. The van der Waals surface area contributed by atoms with Gasteiger partial charge in [-0.3, -0.25) is 0 Å². The molecule has 0 amide bonds. The number of benzene rings is 1. The average molecular weight is 539 g/mol. The van der Waals surface area contributed by atoms with Crippen molar-refractivity contribution in [1.82, 2.24) is 0 Å². The molecular formula is C11H6Br4ClNS. The minimum Gasteiger partial charge on any atom is -0.378 e. The van der Waals surface area contributed by atoms with Gasteiger partial charge in [-0.2, -0.15) is 0 Å². The van der Waals surface area contributed by atoms with Gasteiger partial charge in [-0.15, -0.1) is 11.3 Å². The smallest absolute Gasteiger partial charge is 0.107 e. The first-order valence-corrected chi connectivity index (χ1v) is 9.16. The van der Waals surface area contributed by atoms with Crippen molar-refractivity contribution in [2.45, 2.75) is 6.54 Å². The number of anilines is 1. The summed E-state index contributed by atoms with van der Waals surface area (Å²) in [5.74, 6) is 0. The lowest BCUT2D eigenvalue weighted by atomic mass is 10.3. The van der Waals surface area contributed by atoms with E-state index < -0.39 is 0 Å². The predicted octanol–water partition coefficient (Wildman–Crippen LogP) is 7.06. The van der Waals surface area contributed by atoms with Gasteiger partial charge in [0.2, 0.25) is 0 Å². The Labute approximate surface area is 148 Å². The molecule has 18 heavy (non-hydrogen) atoms. The molecule has 1 heterocycles. The summed E-state index contributed by atoms with van der Waals surface area (Å²) in [5.41, 5.74) is 1.03. The highest BCUT2D eigenvalue weighted by molar-refractivity contribution is 9.11. The molecule has 0 spiro atoms. The maximum atomic E-state index is 6.01. The van der Waals surface area contributed by atoms with E-state index in [9.17, 15) is 0 Å². The second-order valence-electron chi connectivity index (χ2n) is 3.43. The van der Waals surface area contributed by atoms with E-state index in [4.69, 9.17) is 11.6 Å². The topological polar surface area (TPSA) is 12.0 Å². The van der Waals surface area contributed by atoms with E-state index in [1.807, 2.05) is 18.2 Å². The first kappa shape index (κ1) is 15.3. The first-order valence-electron chi connectivity index (χ1n) is 4.79. The van der Waals surface area contributed by atoms with Crippen LogP contribution in [0.4, 0.5) is 5.69 Å². The van der Waals surface area contributed by atoms with Crippen LogP contribution in [0.2, 0.25) is 4.34 Å². The molecule has 1 aromatic heterocycles. The number of halogens is 5. The molecule has 2 rings (SSSR count). The van der Waals surface area contributed by atoms with Crippen molar-refractivity contribution in [1.29, 1.82) is 0 Å². The maximum Gasteiger partial charge on any atom is 0.107 e. The summed E-state index contributed by atoms with van der Waals surface area (Å²) >= 11 is 21.5. The molecule has 0 aliphatic heterocycles. The molecule has 0 bridgehead atoms. The van der Waals surface area contributed by atoms with Crippen LogP contribution in [0.15, 0.2) is 36.1 Å². The highest BCUT2D eigenvalue weighted by Crippen LogP contribution is 2.36. The first-order chi connectivity index (χ1) is 8.47. The number of nitrogens with one attached hydrogen (secondary N) is 1. The molecule has 0 unspecified atom stereocenters. The second kappa shape index (κ2) is 6.59. The summed E-state index contributed by atoms with van der Waals surface area (Å²) in [6.45, 7) is 0.731. The fourth-order valence-electron chi connectivity index (χ4n) is 1.37.